The Morgan fingerprint density at radius 1 is 1.50 bits per heavy atom. The summed E-state index contributed by atoms with van der Waals surface area (Å²) < 4.78 is 29.4. The first-order chi connectivity index (χ1) is 5.54. The summed E-state index contributed by atoms with van der Waals surface area (Å²) in [4.78, 5) is 10.5. The first-order valence-electron chi connectivity index (χ1n) is 3.77. The van der Waals surface area contributed by atoms with E-state index in [0.29, 0.717) is 12.5 Å². The van der Waals surface area contributed by atoms with Crippen molar-refractivity contribution in [2.75, 3.05) is 6.61 Å². The van der Waals surface area contributed by atoms with E-state index in [1.54, 1.807) is 6.92 Å². The van der Waals surface area contributed by atoms with E-state index >= 15 is 0 Å². The summed E-state index contributed by atoms with van der Waals surface area (Å²) in [5.41, 5.74) is 0. The topological polar surface area (TPSA) is 26.3 Å². The van der Waals surface area contributed by atoms with Gasteiger partial charge in [0.1, 0.15) is 0 Å². The largest absolute Gasteiger partial charge is 0.461 e. The van der Waals surface area contributed by atoms with Crippen molar-refractivity contribution in [3.63, 3.8) is 0 Å². The van der Waals surface area contributed by atoms with Crippen LogP contribution in [0.3, 0.4) is 0 Å². The molecule has 0 atom stereocenters. The number of allylic oxidation sites excluding steroid dienone is 1. The molecule has 0 unspecified atom stereocenters. The standard InChI is InChI=1S/C8H12F2O2/c1-3-5-6-8(9,10)7(11)12-4-2/h5-6H,3-4H2,1-2H3. The second-order valence-electron chi connectivity index (χ2n) is 2.15. The van der Waals surface area contributed by atoms with Crippen molar-refractivity contribution in [2.45, 2.75) is 26.2 Å². The number of carbonyl (C=O) groups excluding carboxylic acids is 1. The molecule has 0 spiro atoms. The van der Waals surface area contributed by atoms with Crippen molar-refractivity contribution in [2.24, 2.45) is 0 Å². The van der Waals surface area contributed by atoms with Gasteiger partial charge in [0.15, 0.2) is 0 Å². The Bertz CT molecular complexity index is 176. The van der Waals surface area contributed by atoms with Crippen molar-refractivity contribution in [1.82, 2.24) is 0 Å². The van der Waals surface area contributed by atoms with E-state index in [1.807, 2.05) is 0 Å². The van der Waals surface area contributed by atoms with Gasteiger partial charge in [0.2, 0.25) is 0 Å². The maximum atomic E-state index is 12.6. The molecule has 0 radical (unpaired) electrons. The Balaban J connectivity index is 4.18. The van der Waals surface area contributed by atoms with Gasteiger partial charge in [-0.25, -0.2) is 4.79 Å². The lowest BCUT2D eigenvalue weighted by molar-refractivity contribution is -0.164. The summed E-state index contributed by atoms with van der Waals surface area (Å²) in [5, 5.41) is 0. The van der Waals surface area contributed by atoms with E-state index in [4.69, 9.17) is 0 Å². The molecular weight excluding hydrogens is 166 g/mol. The lowest BCUT2D eigenvalue weighted by Gasteiger charge is -2.09. The van der Waals surface area contributed by atoms with Crippen molar-refractivity contribution in [3.05, 3.63) is 12.2 Å². The predicted molar refractivity (Wildman–Crippen MR) is 41.0 cm³/mol. The van der Waals surface area contributed by atoms with Crippen LogP contribution in [0.5, 0.6) is 0 Å². The number of rotatable bonds is 4. The van der Waals surface area contributed by atoms with Gasteiger partial charge in [-0.2, -0.15) is 8.78 Å². The lowest BCUT2D eigenvalue weighted by Crippen LogP contribution is -2.28. The quantitative estimate of drug-likeness (QED) is 0.487. The van der Waals surface area contributed by atoms with E-state index in [0.717, 1.165) is 0 Å². The van der Waals surface area contributed by atoms with Crippen molar-refractivity contribution < 1.29 is 18.3 Å². The molecule has 0 saturated heterocycles. The molecule has 2 nitrogen and oxygen atoms in total. The number of halogens is 2. The van der Waals surface area contributed by atoms with Crippen LogP contribution < -0.4 is 0 Å². The highest BCUT2D eigenvalue weighted by molar-refractivity contribution is 5.79. The van der Waals surface area contributed by atoms with Gasteiger partial charge in [-0.1, -0.05) is 13.0 Å². The highest BCUT2D eigenvalue weighted by Crippen LogP contribution is 2.17. The summed E-state index contributed by atoms with van der Waals surface area (Å²) in [5.74, 6) is -4.97. The van der Waals surface area contributed by atoms with Gasteiger partial charge in [0.25, 0.3) is 0 Å². The second-order valence-corrected chi connectivity index (χ2v) is 2.15. The molecule has 0 aliphatic carbocycles. The van der Waals surface area contributed by atoms with Crippen LogP contribution in [0, 0.1) is 0 Å². The smallest absolute Gasteiger partial charge is 0.381 e. The second kappa shape index (κ2) is 4.85. The molecule has 0 aromatic rings. The number of ether oxygens (including phenoxy) is 1. The molecule has 0 aliphatic heterocycles. The summed E-state index contributed by atoms with van der Waals surface area (Å²) in [7, 11) is 0. The fourth-order valence-corrected chi connectivity index (χ4v) is 0.561. The normalized spacial score (nSPS) is 12.0. The zero-order valence-corrected chi connectivity index (χ0v) is 7.14. The molecule has 0 saturated carbocycles. The van der Waals surface area contributed by atoms with E-state index in [1.165, 1.54) is 13.0 Å². The van der Waals surface area contributed by atoms with Gasteiger partial charge < -0.3 is 4.74 Å². The number of esters is 1. The van der Waals surface area contributed by atoms with E-state index in [-0.39, 0.29) is 6.61 Å². The molecule has 0 heterocycles. The molecule has 0 amide bonds. The number of carbonyl (C=O) groups is 1. The van der Waals surface area contributed by atoms with Crippen LogP contribution in [0.1, 0.15) is 20.3 Å². The fraction of sp³-hybridized carbons (Fsp3) is 0.625. The molecular formula is C8H12F2O2. The van der Waals surface area contributed by atoms with Crippen LogP contribution in [0.2, 0.25) is 0 Å². The molecule has 0 rings (SSSR count). The van der Waals surface area contributed by atoms with E-state index in [9.17, 15) is 13.6 Å². The molecule has 0 N–H and O–H groups in total. The highest BCUT2D eigenvalue weighted by Gasteiger charge is 2.36. The third-order valence-electron chi connectivity index (χ3n) is 1.11. The van der Waals surface area contributed by atoms with Gasteiger partial charge in [-0.05, 0) is 19.4 Å². The van der Waals surface area contributed by atoms with Gasteiger partial charge in [0.05, 0.1) is 6.61 Å². The summed E-state index contributed by atoms with van der Waals surface area (Å²) in [6.07, 6.45) is 2.26. The Morgan fingerprint density at radius 3 is 2.50 bits per heavy atom. The molecule has 0 fully saturated rings. The van der Waals surface area contributed by atoms with Crippen LogP contribution in [0.4, 0.5) is 8.78 Å². The summed E-state index contributed by atoms with van der Waals surface area (Å²) in [6, 6.07) is 0. The minimum Gasteiger partial charge on any atom is -0.461 e. The minimum absolute atomic E-state index is 0.0333. The molecule has 0 aliphatic rings. The SMILES string of the molecule is CCC=CC(F)(F)C(=O)OCC. The Kier molecular flexibility index (Phi) is 4.47. The van der Waals surface area contributed by atoms with Gasteiger partial charge in [0, 0.05) is 0 Å². The maximum absolute atomic E-state index is 12.6. The Morgan fingerprint density at radius 2 is 2.08 bits per heavy atom. The molecule has 0 aromatic carbocycles. The molecule has 4 heteroatoms. The minimum atomic E-state index is -3.48. The Hall–Kier alpha value is -0.930. The fourth-order valence-electron chi connectivity index (χ4n) is 0.561. The highest BCUT2D eigenvalue weighted by atomic mass is 19.3. The van der Waals surface area contributed by atoms with Gasteiger partial charge in [-0.3, -0.25) is 0 Å². The van der Waals surface area contributed by atoms with Crippen molar-refractivity contribution in [1.29, 1.82) is 0 Å². The number of hydrogen-bond acceptors (Lipinski definition) is 2. The van der Waals surface area contributed by atoms with Gasteiger partial charge >= 0.3 is 11.9 Å². The third kappa shape index (κ3) is 3.46. The first-order valence-corrected chi connectivity index (χ1v) is 3.77. The van der Waals surface area contributed by atoms with Crippen LogP contribution in [-0.4, -0.2) is 18.5 Å². The Labute approximate surface area is 70.2 Å². The first kappa shape index (κ1) is 11.1. The number of hydrogen-bond donors (Lipinski definition) is 0. The monoisotopic (exact) mass is 178 g/mol. The van der Waals surface area contributed by atoms with Crippen molar-refractivity contribution >= 4 is 5.97 Å². The zero-order valence-electron chi connectivity index (χ0n) is 7.14. The molecule has 0 aromatic heterocycles. The summed E-state index contributed by atoms with van der Waals surface area (Å²) >= 11 is 0. The van der Waals surface area contributed by atoms with Crippen LogP contribution in [0.25, 0.3) is 0 Å². The average Bonchev–Trinajstić information content (AvgIpc) is 2.01. The predicted octanol–water partition coefficient (Wildman–Crippen LogP) is 2.15. The maximum Gasteiger partial charge on any atom is 0.381 e. The molecule has 0 bridgehead atoms. The van der Waals surface area contributed by atoms with Crippen molar-refractivity contribution in [3.8, 4) is 0 Å². The molecule has 12 heavy (non-hydrogen) atoms. The van der Waals surface area contributed by atoms with Crippen LogP contribution >= 0.6 is 0 Å². The number of alkyl halides is 2. The third-order valence-corrected chi connectivity index (χ3v) is 1.11. The van der Waals surface area contributed by atoms with E-state index in [2.05, 4.69) is 4.74 Å². The van der Waals surface area contributed by atoms with Gasteiger partial charge in [-0.15, -0.1) is 0 Å². The molecule has 70 valence electrons. The average molecular weight is 178 g/mol. The van der Waals surface area contributed by atoms with E-state index < -0.39 is 11.9 Å². The summed E-state index contributed by atoms with van der Waals surface area (Å²) in [6.45, 7) is 3.16. The van der Waals surface area contributed by atoms with Crippen LogP contribution in [-0.2, 0) is 9.53 Å². The zero-order chi connectivity index (χ0) is 9.61. The van der Waals surface area contributed by atoms with Crippen LogP contribution in [0.15, 0.2) is 12.2 Å². The lowest BCUT2D eigenvalue weighted by atomic mass is 10.3.